The van der Waals surface area contributed by atoms with Crippen molar-refractivity contribution in [1.29, 1.82) is 0 Å². The van der Waals surface area contributed by atoms with Crippen molar-refractivity contribution in [2.24, 2.45) is 0 Å². The normalized spacial score (nSPS) is 12.2. The molecule has 1 aromatic carbocycles. The second-order valence-electron chi connectivity index (χ2n) is 4.71. The summed E-state index contributed by atoms with van der Waals surface area (Å²) < 4.78 is 1.13. The highest BCUT2D eigenvalue weighted by atomic mass is 79.9. The molecule has 1 unspecified atom stereocenters. The van der Waals surface area contributed by atoms with Gasteiger partial charge in [-0.1, -0.05) is 28.9 Å². The van der Waals surface area contributed by atoms with Crippen LogP contribution in [-0.4, -0.2) is 19.6 Å². The zero-order chi connectivity index (χ0) is 14.3. The molecule has 19 heavy (non-hydrogen) atoms. The minimum Gasteiger partial charge on any atom is -0.368 e. The van der Waals surface area contributed by atoms with Gasteiger partial charge in [-0.25, -0.2) is 0 Å². The molecule has 1 rings (SSSR count). The number of nitrogens with one attached hydrogen (secondary N) is 1. The van der Waals surface area contributed by atoms with Crippen LogP contribution in [-0.2, 0) is 0 Å². The van der Waals surface area contributed by atoms with Crippen molar-refractivity contribution >= 4 is 21.6 Å². The van der Waals surface area contributed by atoms with Crippen molar-refractivity contribution in [2.45, 2.75) is 33.2 Å². The molecule has 0 aromatic heterocycles. The third kappa shape index (κ3) is 4.66. The summed E-state index contributed by atoms with van der Waals surface area (Å²) in [6.07, 6.45) is 3.11. The van der Waals surface area contributed by atoms with Crippen LogP contribution in [0.1, 0.15) is 38.8 Å². The van der Waals surface area contributed by atoms with Gasteiger partial charge in [-0.05, 0) is 50.6 Å². The minimum absolute atomic E-state index is 0.353. The van der Waals surface area contributed by atoms with E-state index in [0.29, 0.717) is 6.04 Å². The molecule has 3 heteroatoms. The van der Waals surface area contributed by atoms with Crippen LogP contribution >= 0.6 is 15.9 Å². The van der Waals surface area contributed by atoms with Crippen LogP contribution in [0.25, 0.3) is 0 Å². The molecule has 0 aliphatic heterocycles. The van der Waals surface area contributed by atoms with Crippen LogP contribution in [0.3, 0.4) is 0 Å². The molecule has 0 bridgehead atoms. The summed E-state index contributed by atoms with van der Waals surface area (Å²) in [5.74, 6) is 0. The van der Waals surface area contributed by atoms with E-state index >= 15 is 0 Å². The number of hydrogen-bond acceptors (Lipinski definition) is 2. The van der Waals surface area contributed by atoms with E-state index < -0.39 is 0 Å². The van der Waals surface area contributed by atoms with Gasteiger partial charge in [0.05, 0.1) is 0 Å². The molecule has 0 spiro atoms. The van der Waals surface area contributed by atoms with Gasteiger partial charge in [-0.3, -0.25) is 0 Å². The van der Waals surface area contributed by atoms with E-state index in [2.05, 4.69) is 71.7 Å². The van der Waals surface area contributed by atoms with Gasteiger partial charge in [0.25, 0.3) is 0 Å². The molecule has 1 atom stereocenters. The summed E-state index contributed by atoms with van der Waals surface area (Å²) in [7, 11) is 0. The molecular weight excluding hydrogens is 300 g/mol. The van der Waals surface area contributed by atoms with Crippen molar-refractivity contribution in [2.75, 3.05) is 24.5 Å². The zero-order valence-corrected chi connectivity index (χ0v) is 13.8. The molecule has 0 aliphatic carbocycles. The molecule has 0 aliphatic rings. The summed E-state index contributed by atoms with van der Waals surface area (Å²) in [6, 6.07) is 6.87. The monoisotopic (exact) mass is 324 g/mol. The van der Waals surface area contributed by atoms with Gasteiger partial charge >= 0.3 is 0 Å². The van der Waals surface area contributed by atoms with Crippen LogP contribution < -0.4 is 10.2 Å². The van der Waals surface area contributed by atoms with E-state index in [1.54, 1.807) is 0 Å². The maximum absolute atomic E-state index is 3.85. The SMILES string of the molecule is C=CCN(CC)c1ccc(Br)cc1C(C)NCCC. The first-order valence-electron chi connectivity index (χ1n) is 7.02. The maximum atomic E-state index is 3.85. The van der Waals surface area contributed by atoms with Gasteiger partial charge in [0.15, 0.2) is 0 Å². The zero-order valence-electron chi connectivity index (χ0n) is 12.2. The van der Waals surface area contributed by atoms with Crippen LogP contribution in [0, 0.1) is 0 Å². The fourth-order valence-electron chi connectivity index (χ4n) is 2.18. The molecular formula is C16H25BrN2. The largest absolute Gasteiger partial charge is 0.368 e. The first-order valence-corrected chi connectivity index (χ1v) is 7.82. The summed E-state index contributed by atoms with van der Waals surface area (Å²) in [6.45, 7) is 13.4. The number of rotatable bonds is 8. The molecule has 1 aromatic rings. The topological polar surface area (TPSA) is 15.3 Å². The van der Waals surface area contributed by atoms with Crippen LogP contribution in [0.4, 0.5) is 5.69 Å². The van der Waals surface area contributed by atoms with Crippen molar-refractivity contribution in [1.82, 2.24) is 5.32 Å². The highest BCUT2D eigenvalue weighted by Gasteiger charge is 2.14. The summed E-state index contributed by atoms with van der Waals surface area (Å²) in [5.41, 5.74) is 2.63. The smallest absolute Gasteiger partial charge is 0.0418 e. The van der Waals surface area contributed by atoms with Crippen molar-refractivity contribution in [3.63, 3.8) is 0 Å². The molecule has 106 valence electrons. The van der Waals surface area contributed by atoms with E-state index in [-0.39, 0.29) is 0 Å². The number of likely N-dealkylation sites (N-methyl/N-ethyl adjacent to an activating group) is 1. The molecule has 0 radical (unpaired) electrons. The van der Waals surface area contributed by atoms with Crippen molar-refractivity contribution < 1.29 is 0 Å². The second kappa shape index (κ2) is 8.39. The van der Waals surface area contributed by atoms with Crippen LogP contribution in [0.2, 0.25) is 0 Å². The Morgan fingerprint density at radius 2 is 2.16 bits per heavy atom. The van der Waals surface area contributed by atoms with Crippen molar-refractivity contribution in [3.05, 3.63) is 40.9 Å². The first kappa shape index (κ1) is 16.3. The Balaban J connectivity index is 3.05. The van der Waals surface area contributed by atoms with E-state index in [9.17, 15) is 0 Å². The number of benzene rings is 1. The summed E-state index contributed by atoms with van der Waals surface area (Å²) in [4.78, 5) is 2.35. The van der Waals surface area contributed by atoms with Crippen LogP contribution in [0.15, 0.2) is 35.3 Å². The third-order valence-corrected chi connectivity index (χ3v) is 3.72. The maximum Gasteiger partial charge on any atom is 0.0418 e. The lowest BCUT2D eigenvalue weighted by molar-refractivity contribution is 0.569. The minimum atomic E-state index is 0.353. The van der Waals surface area contributed by atoms with Gasteiger partial charge in [0.1, 0.15) is 0 Å². The Bertz CT molecular complexity index is 404. The molecule has 0 heterocycles. The van der Waals surface area contributed by atoms with E-state index in [0.717, 1.165) is 30.5 Å². The average Bonchev–Trinajstić information content (AvgIpc) is 2.42. The number of halogens is 1. The Hall–Kier alpha value is -0.800. The van der Waals surface area contributed by atoms with Crippen molar-refractivity contribution in [3.8, 4) is 0 Å². The highest BCUT2D eigenvalue weighted by molar-refractivity contribution is 9.10. The molecule has 2 nitrogen and oxygen atoms in total. The molecule has 1 N–H and O–H groups in total. The Kier molecular flexibility index (Phi) is 7.17. The standard InChI is InChI=1S/C16H25BrN2/c1-5-10-18-13(4)15-12-14(17)8-9-16(15)19(7-3)11-6-2/h6,8-9,12-13,18H,2,5,7,10-11H2,1,3-4H3. The fraction of sp³-hybridized carbons (Fsp3) is 0.500. The molecule has 0 amide bonds. The van der Waals surface area contributed by atoms with E-state index in [1.807, 2.05) is 6.08 Å². The lowest BCUT2D eigenvalue weighted by atomic mass is 10.0. The number of nitrogens with zero attached hydrogens (tertiary/aromatic N) is 1. The summed E-state index contributed by atoms with van der Waals surface area (Å²) >= 11 is 3.58. The molecule has 0 saturated carbocycles. The molecule has 0 saturated heterocycles. The van der Waals surface area contributed by atoms with Gasteiger partial charge in [-0.2, -0.15) is 0 Å². The quantitative estimate of drug-likeness (QED) is 0.707. The molecule has 0 fully saturated rings. The fourth-order valence-corrected chi connectivity index (χ4v) is 2.56. The highest BCUT2D eigenvalue weighted by Crippen LogP contribution is 2.29. The first-order chi connectivity index (χ1) is 9.13. The number of anilines is 1. The van der Waals surface area contributed by atoms with Gasteiger partial charge in [0, 0.05) is 29.3 Å². The van der Waals surface area contributed by atoms with E-state index in [4.69, 9.17) is 0 Å². The van der Waals surface area contributed by atoms with E-state index in [1.165, 1.54) is 11.3 Å². The predicted molar refractivity (Wildman–Crippen MR) is 88.9 cm³/mol. The predicted octanol–water partition coefficient (Wildman–Crippen LogP) is 4.52. The third-order valence-electron chi connectivity index (χ3n) is 3.23. The van der Waals surface area contributed by atoms with Gasteiger partial charge in [-0.15, -0.1) is 6.58 Å². The average molecular weight is 325 g/mol. The lowest BCUT2D eigenvalue weighted by Gasteiger charge is -2.27. The second-order valence-corrected chi connectivity index (χ2v) is 5.62. The Morgan fingerprint density at radius 3 is 2.74 bits per heavy atom. The summed E-state index contributed by atoms with van der Waals surface area (Å²) in [5, 5.41) is 3.56. The number of hydrogen-bond donors (Lipinski definition) is 1. The lowest BCUT2D eigenvalue weighted by Crippen LogP contribution is -2.27. The Labute approximate surface area is 126 Å². The Morgan fingerprint density at radius 1 is 1.42 bits per heavy atom. The van der Waals surface area contributed by atoms with Gasteiger partial charge < -0.3 is 10.2 Å². The van der Waals surface area contributed by atoms with Gasteiger partial charge in [0.2, 0.25) is 0 Å². The van der Waals surface area contributed by atoms with Crippen LogP contribution in [0.5, 0.6) is 0 Å².